The number of nitrogens with zero attached hydrogens (tertiary/aromatic N) is 2. The molecule has 0 fully saturated rings. The quantitative estimate of drug-likeness (QED) is 0.755. The molecule has 0 bridgehead atoms. The summed E-state index contributed by atoms with van der Waals surface area (Å²) in [5.41, 5.74) is 2.14. The molecule has 0 aliphatic rings. The predicted molar refractivity (Wildman–Crippen MR) is 79.9 cm³/mol. The van der Waals surface area contributed by atoms with Crippen LogP contribution in [-0.4, -0.2) is 20.1 Å². The maximum absolute atomic E-state index is 12.3. The van der Waals surface area contributed by atoms with Crippen LogP contribution < -0.4 is 5.56 Å². The van der Waals surface area contributed by atoms with Crippen LogP contribution in [0, 0.1) is 6.92 Å². The monoisotopic (exact) mass is 279 g/mol. The molecule has 5 nitrogen and oxygen atoms in total. The third kappa shape index (κ3) is 2.53. The minimum absolute atomic E-state index is 0.177. The normalized spacial score (nSPS) is 10.5. The van der Waals surface area contributed by atoms with Crippen molar-refractivity contribution in [1.29, 1.82) is 0 Å². The molecule has 3 aromatic rings. The summed E-state index contributed by atoms with van der Waals surface area (Å²) in [4.78, 5) is 23.0. The first-order valence-corrected chi connectivity index (χ1v) is 6.46. The van der Waals surface area contributed by atoms with Gasteiger partial charge in [-0.05, 0) is 24.6 Å². The summed E-state index contributed by atoms with van der Waals surface area (Å²) in [5.74, 6) is 0.0347. The highest BCUT2D eigenvalue weighted by Gasteiger charge is 2.13. The largest absolute Gasteiger partial charge is 0.493 e. The van der Waals surface area contributed by atoms with Crippen molar-refractivity contribution in [3.8, 4) is 28.4 Å². The van der Waals surface area contributed by atoms with E-state index in [0.717, 1.165) is 5.56 Å². The van der Waals surface area contributed by atoms with Gasteiger partial charge in [-0.1, -0.05) is 29.8 Å². The maximum Gasteiger partial charge on any atom is 0.262 e. The maximum atomic E-state index is 12.3. The van der Waals surface area contributed by atoms with E-state index in [0.29, 0.717) is 17.0 Å². The molecular weight excluding hydrogens is 266 g/mol. The minimum atomic E-state index is -0.375. The van der Waals surface area contributed by atoms with Gasteiger partial charge in [0, 0.05) is 18.0 Å². The van der Waals surface area contributed by atoms with Gasteiger partial charge >= 0.3 is 0 Å². The van der Waals surface area contributed by atoms with Gasteiger partial charge in [0.15, 0.2) is 0 Å². The summed E-state index contributed by atoms with van der Waals surface area (Å²) in [6.45, 7) is 1.92. The van der Waals surface area contributed by atoms with Crippen LogP contribution in [0.4, 0.5) is 0 Å². The Bertz CT molecular complexity index is 842. The molecule has 0 amide bonds. The number of aryl methyl sites for hydroxylation is 1. The molecule has 2 N–H and O–H groups in total. The zero-order chi connectivity index (χ0) is 14.8. The summed E-state index contributed by atoms with van der Waals surface area (Å²) >= 11 is 0. The minimum Gasteiger partial charge on any atom is -0.493 e. The van der Waals surface area contributed by atoms with Crippen LogP contribution in [0.25, 0.3) is 22.5 Å². The predicted octanol–water partition coefficient (Wildman–Crippen LogP) is 2.51. The summed E-state index contributed by atoms with van der Waals surface area (Å²) < 4.78 is 0. The number of aromatic hydroxyl groups is 1. The highest BCUT2D eigenvalue weighted by Crippen LogP contribution is 2.25. The van der Waals surface area contributed by atoms with E-state index in [-0.39, 0.29) is 17.0 Å². The van der Waals surface area contributed by atoms with Crippen molar-refractivity contribution in [3.05, 3.63) is 64.7 Å². The Morgan fingerprint density at radius 1 is 1.10 bits per heavy atom. The van der Waals surface area contributed by atoms with Gasteiger partial charge in [0.1, 0.15) is 11.4 Å². The second kappa shape index (κ2) is 5.20. The molecule has 0 atom stereocenters. The Hall–Kier alpha value is -2.95. The number of pyridine rings is 1. The van der Waals surface area contributed by atoms with Crippen LogP contribution in [0.5, 0.6) is 5.88 Å². The molecule has 2 heterocycles. The van der Waals surface area contributed by atoms with Gasteiger partial charge in [0.25, 0.3) is 5.56 Å². The number of aromatic nitrogens is 3. The van der Waals surface area contributed by atoms with E-state index >= 15 is 0 Å². The lowest BCUT2D eigenvalue weighted by Gasteiger charge is -2.06. The van der Waals surface area contributed by atoms with E-state index in [4.69, 9.17) is 0 Å². The lowest BCUT2D eigenvalue weighted by atomic mass is 10.1. The molecular formula is C16H13N3O2. The van der Waals surface area contributed by atoms with Crippen molar-refractivity contribution >= 4 is 0 Å². The second-order valence-electron chi connectivity index (χ2n) is 4.72. The van der Waals surface area contributed by atoms with Crippen molar-refractivity contribution in [1.82, 2.24) is 15.0 Å². The van der Waals surface area contributed by atoms with Gasteiger partial charge in [-0.3, -0.25) is 9.78 Å². The van der Waals surface area contributed by atoms with Gasteiger partial charge in [0.2, 0.25) is 5.88 Å². The lowest BCUT2D eigenvalue weighted by molar-refractivity contribution is 0.454. The van der Waals surface area contributed by atoms with Gasteiger partial charge in [-0.15, -0.1) is 0 Å². The molecule has 2 aromatic heterocycles. The van der Waals surface area contributed by atoms with Crippen molar-refractivity contribution in [3.63, 3.8) is 0 Å². The van der Waals surface area contributed by atoms with Gasteiger partial charge in [-0.2, -0.15) is 4.98 Å². The van der Waals surface area contributed by atoms with Gasteiger partial charge in [-0.25, -0.2) is 0 Å². The first kappa shape index (κ1) is 13.1. The average Bonchev–Trinajstić information content (AvgIpc) is 2.47. The smallest absolute Gasteiger partial charge is 0.262 e. The Morgan fingerprint density at radius 2 is 1.86 bits per heavy atom. The number of H-pyrrole nitrogens is 1. The molecule has 0 spiro atoms. The number of hydrogen-bond donors (Lipinski definition) is 2. The molecule has 0 aliphatic carbocycles. The number of nitrogens with one attached hydrogen (secondary N) is 1. The molecule has 104 valence electrons. The van der Waals surface area contributed by atoms with Crippen molar-refractivity contribution < 1.29 is 5.11 Å². The van der Waals surface area contributed by atoms with Gasteiger partial charge in [0.05, 0.1) is 0 Å². The fourth-order valence-corrected chi connectivity index (χ4v) is 2.17. The van der Waals surface area contributed by atoms with Crippen molar-refractivity contribution in [2.75, 3.05) is 0 Å². The highest BCUT2D eigenvalue weighted by molar-refractivity contribution is 5.69. The Morgan fingerprint density at radius 3 is 2.52 bits per heavy atom. The van der Waals surface area contributed by atoms with E-state index in [1.807, 2.05) is 25.1 Å². The first-order valence-electron chi connectivity index (χ1n) is 6.46. The van der Waals surface area contributed by atoms with Crippen molar-refractivity contribution in [2.24, 2.45) is 0 Å². The summed E-state index contributed by atoms with van der Waals surface area (Å²) in [6.07, 6.45) is 3.20. The Kier molecular flexibility index (Phi) is 3.23. The van der Waals surface area contributed by atoms with E-state index in [1.165, 1.54) is 0 Å². The Labute approximate surface area is 121 Å². The summed E-state index contributed by atoms with van der Waals surface area (Å²) in [5, 5.41) is 10.1. The number of benzene rings is 1. The van der Waals surface area contributed by atoms with E-state index in [1.54, 1.807) is 30.6 Å². The van der Waals surface area contributed by atoms with E-state index in [2.05, 4.69) is 15.0 Å². The third-order valence-electron chi connectivity index (χ3n) is 3.16. The van der Waals surface area contributed by atoms with E-state index in [9.17, 15) is 9.90 Å². The van der Waals surface area contributed by atoms with Crippen LogP contribution in [0.1, 0.15) is 5.56 Å². The average molecular weight is 279 g/mol. The number of aromatic amines is 1. The van der Waals surface area contributed by atoms with Gasteiger partial charge < -0.3 is 10.1 Å². The molecule has 3 rings (SSSR count). The Balaban J connectivity index is 2.16. The molecule has 0 unspecified atom stereocenters. The fraction of sp³-hybridized carbons (Fsp3) is 0.0625. The summed E-state index contributed by atoms with van der Waals surface area (Å²) in [7, 11) is 0. The second-order valence-corrected chi connectivity index (χ2v) is 4.72. The number of rotatable bonds is 2. The molecule has 0 radical (unpaired) electrons. The SMILES string of the molecule is Cc1cccc(-c2c(O)nc(-c3ccncc3)[nH]c2=O)c1. The molecule has 0 saturated carbocycles. The zero-order valence-electron chi connectivity index (χ0n) is 11.4. The lowest BCUT2D eigenvalue weighted by Crippen LogP contribution is -2.12. The van der Waals surface area contributed by atoms with Crippen molar-refractivity contribution in [2.45, 2.75) is 6.92 Å². The fourth-order valence-electron chi connectivity index (χ4n) is 2.17. The first-order chi connectivity index (χ1) is 10.1. The summed E-state index contributed by atoms with van der Waals surface area (Å²) in [6, 6.07) is 10.8. The van der Waals surface area contributed by atoms with Crippen LogP contribution >= 0.6 is 0 Å². The molecule has 1 aromatic carbocycles. The molecule has 5 heteroatoms. The molecule has 0 saturated heterocycles. The third-order valence-corrected chi connectivity index (χ3v) is 3.16. The van der Waals surface area contributed by atoms with Crippen LogP contribution in [0.15, 0.2) is 53.6 Å². The highest BCUT2D eigenvalue weighted by atomic mass is 16.3. The van der Waals surface area contributed by atoms with Crippen LogP contribution in [0.3, 0.4) is 0 Å². The molecule has 21 heavy (non-hydrogen) atoms. The standard InChI is InChI=1S/C16H13N3O2/c1-10-3-2-4-12(9-10)13-15(20)18-14(19-16(13)21)11-5-7-17-8-6-11/h2-9H,1H3,(H2,18,19,20,21). The van der Waals surface area contributed by atoms with Crippen LogP contribution in [-0.2, 0) is 0 Å². The number of hydrogen-bond acceptors (Lipinski definition) is 4. The topological polar surface area (TPSA) is 78.9 Å². The van der Waals surface area contributed by atoms with Crippen LogP contribution in [0.2, 0.25) is 0 Å². The molecule has 0 aliphatic heterocycles. The van der Waals surface area contributed by atoms with E-state index < -0.39 is 0 Å². The zero-order valence-corrected chi connectivity index (χ0v) is 11.4.